The lowest BCUT2D eigenvalue weighted by Gasteiger charge is -2.25. The number of rotatable bonds is 7. The van der Waals surface area contributed by atoms with Crippen LogP contribution in [0.25, 0.3) is 0 Å². The summed E-state index contributed by atoms with van der Waals surface area (Å²) in [6, 6.07) is 0.410. The van der Waals surface area contributed by atoms with Crippen molar-refractivity contribution in [1.82, 2.24) is 15.3 Å². The maximum Gasteiger partial charge on any atom is 0.219 e. The molecule has 18 heavy (non-hydrogen) atoms. The summed E-state index contributed by atoms with van der Waals surface area (Å²) in [4.78, 5) is 8.60. The Bertz CT molecular complexity index is 368. The van der Waals surface area contributed by atoms with E-state index in [4.69, 9.17) is 4.74 Å². The van der Waals surface area contributed by atoms with Gasteiger partial charge in [-0.05, 0) is 33.2 Å². The van der Waals surface area contributed by atoms with Gasteiger partial charge in [-0.15, -0.1) is 0 Å². The molecule has 0 aromatic carbocycles. The van der Waals surface area contributed by atoms with Crippen molar-refractivity contribution in [3.63, 3.8) is 0 Å². The Labute approximate surface area is 110 Å². The zero-order chi connectivity index (χ0) is 13.5. The van der Waals surface area contributed by atoms with E-state index < -0.39 is 0 Å². The third-order valence-corrected chi connectivity index (χ3v) is 3.38. The van der Waals surface area contributed by atoms with Gasteiger partial charge in [0.2, 0.25) is 5.88 Å². The number of ether oxygens (including phenoxy) is 1. The van der Waals surface area contributed by atoms with Crippen LogP contribution < -0.4 is 10.1 Å². The van der Waals surface area contributed by atoms with E-state index in [1.54, 1.807) is 13.4 Å². The van der Waals surface area contributed by atoms with Crippen molar-refractivity contribution >= 4 is 0 Å². The lowest BCUT2D eigenvalue weighted by molar-refractivity contribution is 0.386. The largest absolute Gasteiger partial charge is 0.481 e. The van der Waals surface area contributed by atoms with E-state index in [9.17, 15) is 0 Å². The Morgan fingerprint density at radius 2 is 2.06 bits per heavy atom. The number of nitrogens with one attached hydrogen (secondary N) is 1. The minimum atomic E-state index is 0.397. The Hall–Kier alpha value is -1.16. The molecule has 1 rings (SSSR count). The fraction of sp³-hybridized carbons (Fsp3) is 0.714. The first kappa shape index (κ1) is 14.9. The first-order valence-corrected chi connectivity index (χ1v) is 6.74. The van der Waals surface area contributed by atoms with Gasteiger partial charge in [0.05, 0.1) is 12.8 Å². The van der Waals surface area contributed by atoms with Crippen molar-refractivity contribution in [2.24, 2.45) is 0 Å². The first-order chi connectivity index (χ1) is 8.65. The highest BCUT2D eigenvalue weighted by atomic mass is 16.5. The fourth-order valence-electron chi connectivity index (χ4n) is 2.32. The van der Waals surface area contributed by atoms with Crippen LogP contribution in [0.15, 0.2) is 6.33 Å². The van der Waals surface area contributed by atoms with Crippen LogP contribution in [-0.4, -0.2) is 29.7 Å². The fourth-order valence-corrected chi connectivity index (χ4v) is 2.32. The lowest BCUT2D eigenvalue weighted by atomic mass is 9.91. The zero-order valence-electron chi connectivity index (χ0n) is 12.2. The van der Waals surface area contributed by atoms with Crippen LogP contribution in [0.4, 0.5) is 0 Å². The number of aromatic nitrogens is 2. The van der Waals surface area contributed by atoms with Crippen molar-refractivity contribution in [1.29, 1.82) is 0 Å². The molecule has 0 bridgehead atoms. The molecule has 0 aliphatic carbocycles. The minimum Gasteiger partial charge on any atom is -0.481 e. The number of hydrogen-bond donors (Lipinski definition) is 1. The molecule has 2 atom stereocenters. The summed E-state index contributed by atoms with van der Waals surface area (Å²) in [7, 11) is 1.65. The number of hydrogen-bond acceptors (Lipinski definition) is 4. The maximum atomic E-state index is 5.27. The minimum absolute atomic E-state index is 0.397. The highest BCUT2D eigenvalue weighted by Gasteiger charge is 2.22. The van der Waals surface area contributed by atoms with Gasteiger partial charge in [-0.2, -0.15) is 0 Å². The summed E-state index contributed by atoms with van der Waals surface area (Å²) in [5, 5.41) is 3.55. The average molecular weight is 251 g/mol. The SMILES string of the molecule is CCCNC(C)C(CC)c1ncnc(OC)c1C. The molecule has 1 aromatic heterocycles. The summed E-state index contributed by atoms with van der Waals surface area (Å²) >= 11 is 0. The molecule has 0 amide bonds. The molecule has 1 heterocycles. The van der Waals surface area contributed by atoms with Gasteiger partial charge >= 0.3 is 0 Å². The van der Waals surface area contributed by atoms with Gasteiger partial charge in [0.1, 0.15) is 6.33 Å². The molecule has 2 unspecified atom stereocenters. The van der Waals surface area contributed by atoms with Crippen LogP contribution in [0.2, 0.25) is 0 Å². The molecule has 0 saturated carbocycles. The van der Waals surface area contributed by atoms with Crippen LogP contribution in [0.5, 0.6) is 5.88 Å². The molecular weight excluding hydrogens is 226 g/mol. The summed E-state index contributed by atoms with van der Waals surface area (Å²) in [6.45, 7) is 9.67. The third-order valence-electron chi connectivity index (χ3n) is 3.38. The zero-order valence-corrected chi connectivity index (χ0v) is 12.2. The second-order valence-corrected chi connectivity index (χ2v) is 4.65. The topological polar surface area (TPSA) is 47.0 Å². The summed E-state index contributed by atoms with van der Waals surface area (Å²) < 4.78 is 5.27. The highest BCUT2D eigenvalue weighted by Crippen LogP contribution is 2.27. The van der Waals surface area contributed by atoms with E-state index in [1.807, 2.05) is 6.92 Å². The molecule has 4 heteroatoms. The van der Waals surface area contributed by atoms with Gasteiger partial charge in [-0.25, -0.2) is 9.97 Å². The predicted octanol–water partition coefficient (Wildman–Crippen LogP) is 2.68. The molecule has 0 radical (unpaired) electrons. The molecular formula is C14H25N3O. The van der Waals surface area contributed by atoms with Gasteiger partial charge in [0, 0.05) is 17.5 Å². The Morgan fingerprint density at radius 3 is 2.61 bits per heavy atom. The van der Waals surface area contributed by atoms with Gasteiger partial charge in [-0.1, -0.05) is 13.8 Å². The standard InChI is InChI=1S/C14H25N3O/c1-6-8-15-11(4)12(7-2)13-10(3)14(18-5)17-9-16-13/h9,11-12,15H,6-8H2,1-5H3. The van der Waals surface area contributed by atoms with E-state index >= 15 is 0 Å². The molecule has 1 aromatic rings. The smallest absolute Gasteiger partial charge is 0.219 e. The van der Waals surface area contributed by atoms with Crippen LogP contribution in [0.1, 0.15) is 50.8 Å². The molecule has 0 saturated heterocycles. The van der Waals surface area contributed by atoms with E-state index in [0.29, 0.717) is 17.8 Å². The molecule has 4 nitrogen and oxygen atoms in total. The van der Waals surface area contributed by atoms with Crippen LogP contribution in [-0.2, 0) is 0 Å². The first-order valence-electron chi connectivity index (χ1n) is 6.74. The predicted molar refractivity (Wildman–Crippen MR) is 74.1 cm³/mol. The van der Waals surface area contributed by atoms with Gasteiger partial charge in [0.25, 0.3) is 0 Å². The highest BCUT2D eigenvalue weighted by molar-refractivity contribution is 5.31. The number of nitrogens with zero attached hydrogens (tertiary/aromatic N) is 2. The summed E-state index contributed by atoms with van der Waals surface area (Å²) in [6.07, 6.45) is 3.79. The Balaban J connectivity index is 2.94. The Kier molecular flexibility index (Phi) is 6.05. The summed E-state index contributed by atoms with van der Waals surface area (Å²) in [5.74, 6) is 1.08. The van der Waals surface area contributed by atoms with Crippen molar-refractivity contribution in [3.05, 3.63) is 17.6 Å². The van der Waals surface area contributed by atoms with Crippen molar-refractivity contribution < 1.29 is 4.74 Å². The van der Waals surface area contributed by atoms with E-state index in [-0.39, 0.29) is 0 Å². The monoisotopic (exact) mass is 251 g/mol. The molecule has 102 valence electrons. The molecule has 1 N–H and O–H groups in total. The lowest BCUT2D eigenvalue weighted by Crippen LogP contribution is -2.33. The Morgan fingerprint density at radius 1 is 1.33 bits per heavy atom. The molecule has 0 fully saturated rings. The number of methoxy groups -OCH3 is 1. The molecule has 0 aliphatic heterocycles. The van der Waals surface area contributed by atoms with E-state index in [2.05, 4.69) is 36.1 Å². The van der Waals surface area contributed by atoms with E-state index in [1.165, 1.54) is 0 Å². The maximum absolute atomic E-state index is 5.27. The van der Waals surface area contributed by atoms with Crippen LogP contribution in [0.3, 0.4) is 0 Å². The van der Waals surface area contributed by atoms with Gasteiger partial charge < -0.3 is 10.1 Å². The molecule has 0 aliphatic rings. The third kappa shape index (κ3) is 3.42. The van der Waals surface area contributed by atoms with Gasteiger partial charge in [0.15, 0.2) is 0 Å². The van der Waals surface area contributed by atoms with Crippen LogP contribution >= 0.6 is 0 Å². The normalized spacial score (nSPS) is 14.3. The summed E-state index contributed by atoms with van der Waals surface area (Å²) in [5.41, 5.74) is 2.15. The van der Waals surface area contributed by atoms with Crippen LogP contribution in [0, 0.1) is 6.92 Å². The second kappa shape index (κ2) is 7.31. The van der Waals surface area contributed by atoms with Crippen molar-refractivity contribution in [2.75, 3.05) is 13.7 Å². The average Bonchev–Trinajstić information content (AvgIpc) is 2.39. The van der Waals surface area contributed by atoms with Crippen molar-refractivity contribution in [3.8, 4) is 5.88 Å². The van der Waals surface area contributed by atoms with E-state index in [0.717, 1.165) is 30.6 Å². The second-order valence-electron chi connectivity index (χ2n) is 4.65. The van der Waals surface area contributed by atoms with Crippen molar-refractivity contribution in [2.45, 2.75) is 52.5 Å². The van der Waals surface area contributed by atoms with Gasteiger partial charge in [-0.3, -0.25) is 0 Å². The quantitative estimate of drug-likeness (QED) is 0.809. The molecule has 0 spiro atoms.